The largest absolute Gasteiger partial charge is 0.482 e. The van der Waals surface area contributed by atoms with Gasteiger partial charge in [0.1, 0.15) is 5.75 Å². The van der Waals surface area contributed by atoms with Crippen LogP contribution in [-0.2, 0) is 11.4 Å². The van der Waals surface area contributed by atoms with Crippen molar-refractivity contribution in [2.45, 2.75) is 24.8 Å². The van der Waals surface area contributed by atoms with Crippen LogP contribution in [0.25, 0.3) is 0 Å². The van der Waals surface area contributed by atoms with Gasteiger partial charge in [0.15, 0.2) is 6.61 Å². The molecule has 0 saturated heterocycles. The summed E-state index contributed by atoms with van der Waals surface area (Å²) >= 11 is 13.3. The highest BCUT2D eigenvalue weighted by molar-refractivity contribution is 7.99. The first-order valence-electron chi connectivity index (χ1n) is 8.39. The highest BCUT2D eigenvalue weighted by atomic mass is 35.5. The van der Waals surface area contributed by atoms with E-state index in [0.717, 1.165) is 17.3 Å². The number of thioether (sulfide) groups is 1. The first-order chi connectivity index (χ1) is 13.5. The molecule has 0 spiro atoms. The summed E-state index contributed by atoms with van der Waals surface area (Å²) in [7, 11) is 0. The topological polar surface area (TPSA) is 77.2 Å². The number of hydrogen-bond acceptors (Lipinski definition) is 6. The van der Waals surface area contributed by atoms with Gasteiger partial charge in [0.25, 0.3) is 11.1 Å². The second kappa shape index (κ2) is 9.82. The fourth-order valence-electron chi connectivity index (χ4n) is 2.37. The Morgan fingerprint density at radius 2 is 1.86 bits per heavy atom. The molecule has 0 bridgehead atoms. The predicted octanol–water partition coefficient (Wildman–Crippen LogP) is 4.92. The van der Waals surface area contributed by atoms with Gasteiger partial charge in [-0.05, 0) is 30.7 Å². The molecular weight excluding hydrogens is 421 g/mol. The van der Waals surface area contributed by atoms with Crippen molar-refractivity contribution < 1.29 is 13.9 Å². The first kappa shape index (κ1) is 20.5. The number of amides is 1. The van der Waals surface area contributed by atoms with Crippen molar-refractivity contribution in [2.24, 2.45) is 0 Å². The van der Waals surface area contributed by atoms with E-state index in [-0.39, 0.29) is 24.3 Å². The average Bonchev–Trinajstić information content (AvgIpc) is 3.14. The van der Waals surface area contributed by atoms with Gasteiger partial charge in [-0.25, -0.2) is 0 Å². The Morgan fingerprint density at radius 1 is 1.14 bits per heavy atom. The summed E-state index contributed by atoms with van der Waals surface area (Å²) in [5.41, 5.74) is 0.860. The zero-order valence-corrected chi connectivity index (χ0v) is 17.2. The van der Waals surface area contributed by atoms with E-state index in [4.69, 9.17) is 32.4 Å². The minimum absolute atomic E-state index is 0.0903. The molecule has 6 nitrogen and oxygen atoms in total. The summed E-state index contributed by atoms with van der Waals surface area (Å²) in [5, 5.41) is 12.1. The molecule has 0 aliphatic heterocycles. The van der Waals surface area contributed by atoms with Crippen molar-refractivity contribution in [3.8, 4) is 5.75 Å². The molecule has 9 heteroatoms. The Labute approximate surface area is 176 Å². The van der Waals surface area contributed by atoms with E-state index in [1.807, 2.05) is 37.3 Å². The van der Waals surface area contributed by atoms with Gasteiger partial charge < -0.3 is 14.5 Å². The lowest BCUT2D eigenvalue weighted by Gasteiger charge is -2.15. The lowest BCUT2D eigenvalue weighted by molar-refractivity contribution is -0.119. The molecule has 1 N–H and O–H groups in total. The maximum absolute atomic E-state index is 12.2. The smallest absolute Gasteiger partial charge is 0.277 e. The van der Waals surface area contributed by atoms with Crippen molar-refractivity contribution in [1.29, 1.82) is 0 Å². The highest BCUT2D eigenvalue weighted by Gasteiger charge is 2.14. The molecule has 0 saturated carbocycles. The van der Waals surface area contributed by atoms with Crippen LogP contribution >= 0.6 is 35.0 Å². The number of nitrogens with zero attached hydrogens (tertiary/aromatic N) is 2. The number of aromatic nitrogens is 2. The standard InChI is InChI=1S/C19H17Cl2N3O3S/c1-12(13-6-2-3-7-14(13)20)22-17(25)11-28-19-24-23-18(27-19)10-26-16-9-5-4-8-15(16)21/h2-9,12H,10-11H2,1H3,(H,22,25). The summed E-state index contributed by atoms with van der Waals surface area (Å²) in [5.74, 6) is 0.809. The lowest BCUT2D eigenvalue weighted by atomic mass is 10.1. The van der Waals surface area contributed by atoms with Gasteiger partial charge in [0, 0.05) is 5.02 Å². The quantitative estimate of drug-likeness (QED) is 0.503. The SMILES string of the molecule is CC(NC(=O)CSc1nnc(COc2ccccc2Cl)o1)c1ccccc1Cl. The van der Waals surface area contributed by atoms with E-state index in [2.05, 4.69) is 15.5 Å². The van der Waals surface area contributed by atoms with E-state index in [9.17, 15) is 4.79 Å². The molecular formula is C19H17Cl2N3O3S. The Kier molecular flexibility index (Phi) is 7.19. The summed E-state index contributed by atoms with van der Waals surface area (Å²) in [6, 6.07) is 14.3. The van der Waals surface area contributed by atoms with Crippen LogP contribution in [0.15, 0.2) is 58.2 Å². The fourth-order valence-corrected chi connectivity index (χ4v) is 3.45. The van der Waals surface area contributed by atoms with Gasteiger partial charge >= 0.3 is 0 Å². The normalized spacial score (nSPS) is 11.8. The van der Waals surface area contributed by atoms with Crippen molar-refractivity contribution in [1.82, 2.24) is 15.5 Å². The molecule has 1 aromatic heterocycles. The van der Waals surface area contributed by atoms with Gasteiger partial charge in [-0.2, -0.15) is 0 Å². The third-order valence-corrected chi connectivity index (χ3v) is 5.19. The first-order valence-corrected chi connectivity index (χ1v) is 10.1. The van der Waals surface area contributed by atoms with Crippen molar-refractivity contribution >= 4 is 40.9 Å². The third-order valence-electron chi connectivity index (χ3n) is 3.71. The van der Waals surface area contributed by atoms with Gasteiger partial charge in [0.05, 0.1) is 16.8 Å². The number of carbonyl (C=O) groups is 1. The van der Waals surface area contributed by atoms with E-state index in [1.165, 1.54) is 0 Å². The molecule has 0 aliphatic carbocycles. The number of benzene rings is 2. The van der Waals surface area contributed by atoms with Crippen LogP contribution in [0.4, 0.5) is 0 Å². The Balaban J connectivity index is 1.47. The summed E-state index contributed by atoms with van der Waals surface area (Å²) in [6.07, 6.45) is 0. The minimum Gasteiger partial charge on any atom is -0.482 e. The number of carbonyl (C=O) groups excluding carboxylic acids is 1. The number of para-hydroxylation sites is 1. The van der Waals surface area contributed by atoms with Crippen LogP contribution in [0.5, 0.6) is 5.75 Å². The maximum Gasteiger partial charge on any atom is 0.277 e. The molecule has 1 heterocycles. The maximum atomic E-state index is 12.2. The Bertz CT molecular complexity index is 951. The molecule has 146 valence electrons. The van der Waals surface area contributed by atoms with Gasteiger partial charge in [0.2, 0.25) is 5.91 Å². The second-order valence-corrected chi connectivity index (χ2v) is 7.52. The summed E-state index contributed by atoms with van der Waals surface area (Å²) in [6.45, 7) is 1.97. The van der Waals surface area contributed by atoms with Crippen molar-refractivity contribution in [2.75, 3.05) is 5.75 Å². The molecule has 0 fully saturated rings. The molecule has 0 radical (unpaired) electrons. The lowest BCUT2D eigenvalue weighted by Crippen LogP contribution is -2.28. The van der Waals surface area contributed by atoms with Crippen LogP contribution < -0.4 is 10.1 Å². The predicted molar refractivity (Wildman–Crippen MR) is 109 cm³/mol. The van der Waals surface area contributed by atoms with Crippen molar-refractivity contribution in [3.63, 3.8) is 0 Å². The molecule has 1 atom stereocenters. The van der Waals surface area contributed by atoms with E-state index in [1.54, 1.807) is 18.2 Å². The molecule has 3 aromatic rings. The zero-order valence-electron chi connectivity index (χ0n) is 14.9. The summed E-state index contributed by atoms with van der Waals surface area (Å²) < 4.78 is 11.0. The second-order valence-electron chi connectivity index (χ2n) is 5.78. The van der Waals surface area contributed by atoms with Crippen LogP contribution in [0.3, 0.4) is 0 Å². The summed E-state index contributed by atoms with van der Waals surface area (Å²) in [4.78, 5) is 12.2. The van der Waals surface area contributed by atoms with Crippen LogP contribution in [-0.4, -0.2) is 21.9 Å². The van der Waals surface area contributed by atoms with Crippen molar-refractivity contribution in [3.05, 3.63) is 70.0 Å². The minimum atomic E-state index is -0.205. The Hall–Kier alpha value is -2.22. The van der Waals surface area contributed by atoms with Crippen LogP contribution in [0.1, 0.15) is 24.4 Å². The average molecular weight is 438 g/mol. The zero-order chi connectivity index (χ0) is 19.9. The van der Waals surface area contributed by atoms with Crippen LogP contribution in [0.2, 0.25) is 10.0 Å². The molecule has 2 aromatic carbocycles. The fraction of sp³-hybridized carbons (Fsp3) is 0.211. The number of hydrogen-bond donors (Lipinski definition) is 1. The monoisotopic (exact) mass is 437 g/mol. The molecule has 1 amide bonds. The van der Waals surface area contributed by atoms with Gasteiger partial charge in [-0.1, -0.05) is 65.3 Å². The molecule has 1 unspecified atom stereocenters. The Morgan fingerprint density at radius 3 is 2.61 bits per heavy atom. The number of nitrogens with one attached hydrogen (secondary N) is 1. The van der Waals surface area contributed by atoms with Gasteiger partial charge in [-0.15, -0.1) is 10.2 Å². The molecule has 28 heavy (non-hydrogen) atoms. The number of halogens is 2. The van der Waals surface area contributed by atoms with E-state index >= 15 is 0 Å². The van der Waals surface area contributed by atoms with Gasteiger partial charge in [-0.3, -0.25) is 4.79 Å². The molecule has 3 rings (SSSR count). The van der Waals surface area contributed by atoms with Crippen LogP contribution in [0, 0.1) is 0 Å². The number of rotatable bonds is 8. The number of ether oxygens (including phenoxy) is 1. The molecule has 0 aliphatic rings. The third kappa shape index (κ3) is 5.64. The van der Waals surface area contributed by atoms with E-state index < -0.39 is 0 Å². The van der Waals surface area contributed by atoms with E-state index in [0.29, 0.717) is 26.9 Å². The highest BCUT2D eigenvalue weighted by Crippen LogP contribution is 2.25.